The lowest BCUT2D eigenvalue weighted by molar-refractivity contribution is 0.0697. The highest BCUT2D eigenvalue weighted by atomic mass is 16.5. The zero-order chi connectivity index (χ0) is 9.84. The molecule has 1 aromatic rings. The number of rotatable bonds is 3. The second kappa shape index (κ2) is 3.80. The fraction of sp³-hybridized carbons (Fsp3) is 0.222. The molecular formula is C9H11NO3. The van der Waals surface area contributed by atoms with Gasteiger partial charge in [0.05, 0.1) is 17.9 Å². The predicted molar refractivity (Wildman–Crippen MR) is 49.0 cm³/mol. The molecule has 1 aromatic carbocycles. The Morgan fingerprint density at radius 2 is 2.31 bits per heavy atom. The molecular weight excluding hydrogens is 170 g/mol. The average Bonchev–Trinajstić information content (AvgIpc) is 2.08. The highest BCUT2D eigenvalue weighted by molar-refractivity contribution is 5.95. The van der Waals surface area contributed by atoms with Gasteiger partial charge in [-0.25, -0.2) is 4.79 Å². The van der Waals surface area contributed by atoms with E-state index in [0.717, 1.165) is 0 Å². The van der Waals surface area contributed by atoms with Crippen molar-refractivity contribution in [2.45, 2.75) is 6.92 Å². The van der Waals surface area contributed by atoms with Crippen LogP contribution in [-0.2, 0) is 0 Å². The van der Waals surface area contributed by atoms with Crippen LogP contribution in [0.3, 0.4) is 0 Å². The summed E-state index contributed by atoms with van der Waals surface area (Å²) in [6.07, 6.45) is 0. The van der Waals surface area contributed by atoms with Crippen LogP contribution < -0.4 is 10.5 Å². The van der Waals surface area contributed by atoms with E-state index in [0.29, 0.717) is 12.4 Å². The molecule has 0 amide bonds. The SMILES string of the molecule is CCOc1cccc(C(=O)O)c1N. The van der Waals surface area contributed by atoms with Crippen molar-refractivity contribution in [1.82, 2.24) is 0 Å². The van der Waals surface area contributed by atoms with Gasteiger partial charge in [-0.05, 0) is 19.1 Å². The summed E-state index contributed by atoms with van der Waals surface area (Å²) in [6.45, 7) is 2.28. The van der Waals surface area contributed by atoms with Crippen LogP contribution in [0.25, 0.3) is 0 Å². The Kier molecular flexibility index (Phi) is 2.74. The van der Waals surface area contributed by atoms with E-state index in [2.05, 4.69) is 0 Å². The Morgan fingerprint density at radius 3 is 2.85 bits per heavy atom. The third-order valence-corrected chi connectivity index (χ3v) is 1.60. The minimum Gasteiger partial charge on any atom is -0.492 e. The lowest BCUT2D eigenvalue weighted by atomic mass is 10.1. The van der Waals surface area contributed by atoms with Crippen molar-refractivity contribution in [2.75, 3.05) is 12.3 Å². The number of aromatic carboxylic acids is 1. The normalized spacial score (nSPS) is 9.62. The number of nitrogens with two attached hydrogens (primary N) is 1. The first-order chi connectivity index (χ1) is 6.16. The van der Waals surface area contributed by atoms with Crippen LogP contribution in [0.1, 0.15) is 17.3 Å². The lowest BCUT2D eigenvalue weighted by Crippen LogP contribution is -2.05. The lowest BCUT2D eigenvalue weighted by Gasteiger charge is -2.07. The minimum absolute atomic E-state index is 0.0750. The maximum absolute atomic E-state index is 10.6. The van der Waals surface area contributed by atoms with E-state index in [1.165, 1.54) is 6.07 Å². The van der Waals surface area contributed by atoms with Crippen LogP contribution in [0.4, 0.5) is 5.69 Å². The summed E-state index contributed by atoms with van der Waals surface area (Å²) in [6, 6.07) is 4.69. The fourth-order valence-corrected chi connectivity index (χ4v) is 1.01. The highest BCUT2D eigenvalue weighted by Gasteiger charge is 2.10. The second-order valence-electron chi connectivity index (χ2n) is 2.46. The summed E-state index contributed by atoms with van der Waals surface area (Å²) in [5.41, 5.74) is 5.82. The van der Waals surface area contributed by atoms with E-state index < -0.39 is 5.97 Å². The third kappa shape index (κ3) is 1.90. The predicted octanol–water partition coefficient (Wildman–Crippen LogP) is 1.37. The Balaban J connectivity index is 3.10. The maximum Gasteiger partial charge on any atom is 0.337 e. The van der Waals surface area contributed by atoms with Crippen LogP contribution in [-0.4, -0.2) is 17.7 Å². The monoisotopic (exact) mass is 181 g/mol. The second-order valence-corrected chi connectivity index (χ2v) is 2.46. The van der Waals surface area contributed by atoms with Gasteiger partial charge < -0.3 is 15.6 Å². The molecule has 0 saturated heterocycles. The number of hydrogen-bond donors (Lipinski definition) is 2. The van der Waals surface area contributed by atoms with Gasteiger partial charge in [0.1, 0.15) is 5.75 Å². The molecule has 0 aliphatic rings. The van der Waals surface area contributed by atoms with E-state index in [4.69, 9.17) is 15.6 Å². The van der Waals surface area contributed by atoms with Gasteiger partial charge in [-0.15, -0.1) is 0 Å². The topological polar surface area (TPSA) is 72.5 Å². The molecule has 70 valence electrons. The van der Waals surface area contributed by atoms with Gasteiger partial charge >= 0.3 is 5.97 Å². The van der Waals surface area contributed by atoms with E-state index >= 15 is 0 Å². The van der Waals surface area contributed by atoms with Gasteiger partial charge in [-0.1, -0.05) is 6.07 Å². The number of carbonyl (C=O) groups is 1. The van der Waals surface area contributed by atoms with Crippen molar-refractivity contribution in [2.24, 2.45) is 0 Å². The van der Waals surface area contributed by atoms with Crippen molar-refractivity contribution in [3.05, 3.63) is 23.8 Å². The van der Waals surface area contributed by atoms with Gasteiger partial charge in [0, 0.05) is 0 Å². The molecule has 1 rings (SSSR count). The standard InChI is InChI=1S/C9H11NO3/c1-2-13-7-5-3-4-6(8(7)10)9(11)12/h3-5H,2,10H2,1H3,(H,11,12). The van der Waals surface area contributed by atoms with E-state index in [-0.39, 0.29) is 11.3 Å². The number of benzene rings is 1. The number of hydrogen-bond acceptors (Lipinski definition) is 3. The van der Waals surface area contributed by atoms with Crippen LogP contribution in [0, 0.1) is 0 Å². The molecule has 0 bridgehead atoms. The van der Waals surface area contributed by atoms with Gasteiger partial charge in [-0.2, -0.15) is 0 Å². The molecule has 0 spiro atoms. The zero-order valence-corrected chi connectivity index (χ0v) is 7.28. The summed E-state index contributed by atoms with van der Waals surface area (Å²) in [5.74, 6) is -0.624. The van der Waals surface area contributed by atoms with E-state index in [1.807, 2.05) is 6.92 Å². The van der Waals surface area contributed by atoms with Crippen molar-refractivity contribution >= 4 is 11.7 Å². The number of anilines is 1. The Bertz CT molecular complexity index is 323. The largest absolute Gasteiger partial charge is 0.492 e. The maximum atomic E-state index is 10.6. The van der Waals surface area contributed by atoms with Crippen molar-refractivity contribution in [3.8, 4) is 5.75 Å². The quantitative estimate of drug-likeness (QED) is 0.690. The van der Waals surface area contributed by atoms with Gasteiger partial charge in [-0.3, -0.25) is 0 Å². The molecule has 4 heteroatoms. The molecule has 0 heterocycles. The number of carboxylic acids is 1. The molecule has 3 N–H and O–H groups in total. The summed E-state index contributed by atoms with van der Waals surface area (Å²) in [4.78, 5) is 10.6. The van der Waals surface area contributed by atoms with E-state index in [1.54, 1.807) is 12.1 Å². The first kappa shape index (κ1) is 9.38. The van der Waals surface area contributed by atoms with E-state index in [9.17, 15) is 4.79 Å². The highest BCUT2D eigenvalue weighted by Crippen LogP contribution is 2.24. The zero-order valence-electron chi connectivity index (χ0n) is 7.28. The van der Waals surface area contributed by atoms with Crippen molar-refractivity contribution < 1.29 is 14.6 Å². The van der Waals surface area contributed by atoms with Crippen molar-refractivity contribution in [1.29, 1.82) is 0 Å². The summed E-state index contributed by atoms with van der Waals surface area (Å²) >= 11 is 0. The molecule has 0 aliphatic carbocycles. The fourth-order valence-electron chi connectivity index (χ4n) is 1.01. The Morgan fingerprint density at radius 1 is 1.62 bits per heavy atom. The Hall–Kier alpha value is -1.71. The van der Waals surface area contributed by atoms with Crippen LogP contribution in [0.5, 0.6) is 5.75 Å². The third-order valence-electron chi connectivity index (χ3n) is 1.60. The van der Waals surface area contributed by atoms with Gasteiger partial charge in [0.2, 0.25) is 0 Å². The molecule has 0 saturated carbocycles. The first-order valence-electron chi connectivity index (χ1n) is 3.91. The van der Waals surface area contributed by atoms with Crippen molar-refractivity contribution in [3.63, 3.8) is 0 Å². The summed E-state index contributed by atoms with van der Waals surface area (Å²) < 4.78 is 5.14. The molecule has 0 radical (unpaired) electrons. The molecule has 0 fully saturated rings. The average molecular weight is 181 g/mol. The van der Waals surface area contributed by atoms with Crippen LogP contribution in [0.15, 0.2) is 18.2 Å². The van der Waals surface area contributed by atoms with Gasteiger partial charge in [0.15, 0.2) is 0 Å². The number of nitrogen functional groups attached to an aromatic ring is 1. The van der Waals surface area contributed by atoms with Crippen LogP contribution in [0.2, 0.25) is 0 Å². The Labute approximate surface area is 75.9 Å². The summed E-state index contributed by atoms with van der Waals surface area (Å²) in [5, 5.41) is 8.72. The molecule has 0 atom stereocenters. The molecule has 0 aliphatic heterocycles. The minimum atomic E-state index is -1.04. The molecule has 0 aromatic heterocycles. The molecule has 4 nitrogen and oxygen atoms in total. The molecule has 13 heavy (non-hydrogen) atoms. The number of ether oxygens (including phenoxy) is 1. The molecule has 0 unspecified atom stereocenters. The first-order valence-corrected chi connectivity index (χ1v) is 3.91. The number of carboxylic acid groups (broad SMARTS) is 1. The smallest absolute Gasteiger partial charge is 0.337 e. The van der Waals surface area contributed by atoms with Crippen LogP contribution >= 0.6 is 0 Å². The van der Waals surface area contributed by atoms with Gasteiger partial charge in [0.25, 0.3) is 0 Å². The summed E-state index contributed by atoms with van der Waals surface area (Å²) in [7, 11) is 0. The number of para-hydroxylation sites is 1.